The van der Waals surface area contributed by atoms with Crippen LogP contribution in [0.4, 0.5) is 5.69 Å². The molecule has 0 saturated carbocycles. The molecule has 1 fully saturated rings. The van der Waals surface area contributed by atoms with Crippen LogP contribution in [0.15, 0.2) is 22.7 Å². The Hall–Kier alpha value is -0.540. The summed E-state index contributed by atoms with van der Waals surface area (Å²) in [6.45, 7) is 6.38. The van der Waals surface area contributed by atoms with Gasteiger partial charge in [-0.2, -0.15) is 0 Å². The van der Waals surface area contributed by atoms with Crippen LogP contribution in [0.25, 0.3) is 0 Å². The zero-order valence-electron chi connectivity index (χ0n) is 9.96. The summed E-state index contributed by atoms with van der Waals surface area (Å²) < 4.78 is 1.14. The van der Waals surface area contributed by atoms with Crippen LogP contribution in [0.5, 0.6) is 0 Å². The first kappa shape index (κ1) is 11.9. The third kappa shape index (κ3) is 2.58. The third-order valence-corrected chi connectivity index (χ3v) is 3.72. The molecule has 2 rings (SSSR count). The zero-order valence-corrected chi connectivity index (χ0v) is 11.5. The van der Waals surface area contributed by atoms with E-state index in [1.807, 2.05) is 0 Å². The predicted molar refractivity (Wildman–Crippen MR) is 72.9 cm³/mol. The van der Waals surface area contributed by atoms with Gasteiger partial charge in [0.1, 0.15) is 0 Å². The highest BCUT2D eigenvalue weighted by Gasteiger charge is 2.27. The maximum atomic E-state index is 6.23. The standard InChI is InChI=1S/C13H19BrN2/c1-10-8-11(14)4-5-12(10)16-7-3-6-13(2,15)9-16/h4-5,8H,3,6-7,9,15H2,1-2H3. The van der Waals surface area contributed by atoms with Crippen LogP contribution < -0.4 is 10.6 Å². The maximum absolute atomic E-state index is 6.23. The lowest BCUT2D eigenvalue weighted by Gasteiger charge is -2.39. The van der Waals surface area contributed by atoms with Crippen LogP contribution in [0.1, 0.15) is 25.3 Å². The fraction of sp³-hybridized carbons (Fsp3) is 0.538. The van der Waals surface area contributed by atoms with Crippen molar-refractivity contribution < 1.29 is 0 Å². The summed E-state index contributed by atoms with van der Waals surface area (Å²) in [6, 6.07) is 6.45. The van der Waals surface area contributed by atoms with Gasteiger partial charge in [0.25, 0.3) is 0 Å². The van der Waals surface area contributed by atoms with E-state index in [1.54, 1.807) is 0 Å². The highest BCUT2D eigenvalue weighted by atomic mass is 79.9. The maximum Gasteiger partial charge on any atom is 0.0397 e. The largest absolute Gasteiger partial charge is 0.369 e. The number of benzene rings is 1. The molecule has 0 amide bonds. The monoisotopic (exact) mass is 282 g/mol. The molecule has 1 heterocycles. The molecule has 1 aliphatic heterocycles. The molecule has 1 saturated heterocycles. The highest BCUT2D eigenvalue weighted by Crippen LogP contribution is 2.28. The molecule has 3 heteroatoms. The second-order valence-electron chi connectivity index (χ2n) is 5.11. The number of rotatable bonds is 1. The van der Waals surface area contributed by atoms with E-state index in [2.05, 4.69) is 52.9 Å². The minimum absolute atomic E-state index is 0.0439. The number of piperidine rings is 1. The molecule has 0 spiro atoms. The first-order valence-electron chi connectivity index (χ1n) is 5.78. The Balaban J connectivity index is 2.23. The SMILES string of the molecule is Cc1cc(Br)ccc1N1CCCC(C)(N)C1. The van der Waals surface area contributed by atoms with E-state index in [4.69, 9.17) is 5.73 Å². The van der Waals surface area contributed by atoms with Crippen molar-refractivity contribution in [3.05, 3.63) is 28.2 Å². The molecule has 0 radical (unpaired) electrons. The van der Waals surface area contributed by atoms with Crippen molar-refractivity contribution in [3.63, 3.8) is 0 Å². The minimum atomic E-state index is -0.0439. The Morgan fingerprint density at radius 1 is 1.44 bits per heavy atom. The molecule has 1 unspecified atom stereocenters. The fourth-order valence-electron chi connectivity index (χ4n) is 2.45. The number of aryl methyl sites for hydroxylation is 1. The predicted octanol–water partition coefficient (Wildman–Crippen LogP) is 3.08. The molecule has 16 heavy (non-hydrogen) atoms. The van der Waals surface area contributed by atoms with Crippen LogP contribution in [-0.2, 0) is 0 Å². The van der Waals surface area contributed by atoms with Gasteiger partial charge < -0.3 is 10.6 Å². The van der Waals surface area contributed by atoms with Gasteiger partial charge in [0.15, 0.2) is 0 Å². The number of nitrogens with zero attached hydrogens (tertiary/aromatic N) is 1. The van der Waals surface area contributed by atoms with Crippen LogP contribution in [0.3, 0.4) is 0 Å². The van der Waals surface area contributed by atoms with E-state index in [-0.39, 0.29) is 5.54 Å². The fourth-order valence-corrected chi connectivity index (χ4v) is 2.92. The average Bonchev–Trinajstić information content (AvgIpc) is 2.15. The van der Waals surface area contributed by atoms with E-state index < -0.39 is 0 Å². The molecule has 88 valence electrons. The van der Waals surface area contributed by atoms with E-state index in [1.165, 1.54) is 17.7 Å². The molecule has 2 N–H and O–H groups in total. The van der Waals surface area contributed by atoms with Gasteiger partial charge in [0, 0.05) is 28.8 Å². The molecular weight excluding hydrogens is 264 g/mol. The molecule has 0 aromatic heterocycles. The van der Waals surface area contributed by atoms with Crippen molar-refractivity contribution >= 4 is 21.6 Å². The van der Waals surface area contributed by atoms with Gasteiger partial charge >= 0.3 is 0 Å². The summed E-state index contributed by atoms with van der Waals surface area (Å²) in [6.07, 6.45) is 2.31. The van der Waals surface area contributed by atoms with E-state index in [0.717, 1.165) is 24.0 Å². The number of halogens is 1. The van der Waals surface area contributed by atoms with Gasteiger partial charge in [0.05, 0.1) is 0 Å². The lowest BCUT2D eigenvalue weighted by molar-refractivity contribution is 0.374. The molecule has 0 bridgehead atoms. The molecular formula is C13H19BrN2. The Bertz CT molecular complexity index is 388. The molecule has 1 atom stereocenters. The van der Waals surface area contributed by atoms with E-state index in [9.17, 15) is 0 Å². The van der Waals surface area contributed by atoms with Crippen molar-refractivity contribution in [1.29, 1.82) is 0 Å². The molecule has 2 nitrogen and oxygen atoms in total. The lowest BCUT2D eigenvalue weighted by Crippen LogP contribution is -2.52. The van der Waals surface area contributed by atoms with E-state index in [0.29, 0.717) is 0 Å². The van der Waals surface area contributed by atoms with Gasteiger partial charge in [-0.05, 0) is 50.5 Å². The van der Waals surface area contributed by atoms with Crippen molar-refractivity contribution in [2.75, 3.05) is 18.0 Å². The molecule has 1 aliphatic rings. The zero-order chi connectivity index (χ0) is 11.8. The summed E-state index contributed by atoms with van der Waals surface area (Å²) in [7, 11) is 0. The smallest absolute Gasteiger partial charge is 0.0397 e. The van der Waals surface area contributed by atoms with Gasteiger partial charge in [-0.25, -0.2) is 0 Å². The summed E-state index contributed by atoms with van der Waals surface area (Å²) in [5, 5.41) is 0. The van der Waals surface area contributed by atoms with Gasteiger partial charge in [-0.3, -0.25) is 0 Å². The summed E-state index contributed by atoms with van der Waals surface area (Å²) in [4.78, 5) is 2.41. The van der Waals surface area contributed by atoms with Crippen molar-refractivity contribution in [1.82, 2.24) is 0 Å². The summed E-state index contributed by atoms with van der Waals surface area (Å²) in [5.41, 5.74) is 8.82. The van der Waals surface area contributed by atoms with Gasteiger partial charge in [-0.15, -0.1) is 0 Å². The van der Waals surface area contributed by atoms with Crippen LogP contribution >= 0.6 is 15.9 Å². The van der Waals surface area contributed by atoms with Crippen molar-refractivity contribution in [3.8, 4) is 0 Å². The second-order valence-corrected chi connectivity index (χ2v) is 6.03. The average molecular weight is 283 g/mol. The normalized spacial score (nSPS) is 25.9. The molecule has 1 aromatic rings. The Morgan fingerprint density at radius 2 is 2.19 bits per heavy atom. The third-order valence-electron chi connectivity index (χ3n) is 3.23. The Labute approximate surface area is 106 Å². The van der Waals surface area contributed by atoms with E-state index >= 15 is 0 Å². The summed E-state index contributed by atoms with van der Waals surface area (Å²) >= 11 is 3.50. The quantitative estimate of drug-likeness (QED) is 0.858. The number of hydrogen-bond donors (Lipinski definition) is 1. The topological polar surface area (TPSA) is 29.3 Å². The lowest BCUT2D eigenvalue weighted by atomic mass is 9.92. The van der Waals surface area contributed by atoms with Crippen LogP contribution in [0, 0.1) is 6.92 Å². The van der Waals surface area contributed by atoms with Crippen LogP contribution in [-0.4, -0.2) is 18.6 Å². The Morgan fingerprint density at radius 3 is 2.81 bits per heavy atom. The van der Waals surface area contributed by atoms with Gasteiger partial charge in [-0.1, -0.05) is 15.9 Å². The highest BCUT2D eigenvalue weighted by molar-refractivity contribution is 9.10. The first-order valence-corrected chi connectivity index (χ1v) is 6.57. The minimum Gasteiger partial charge on any atom is -0.369 e. The van der Waals surface area contributed by atoms with Gasteiger partial charge in [0.2, 0.25) is 0 Å². The first-order chi connectivity index (χ1) is 7.48. The molecule has 0 aliphatic carbocycles. The number of anilines is 1. The molecule has 1 aromatic carbocycles. The Kier molecular flexibility index (Phi) is 3.27. The summed E-state index contributed by atoms with van der Waals surface area (Å²) in [5.74, 6) is 0. The number of hydrogen-bond acceptors (Lipinski definition) is 2. The van der Waals surface area contributed by atoms with Crippen molar-refractivity contribution in [2.45, 2.75) is 32.2 Å². The van der Waals surface area contributed by atoms with Crippen molar-refractivity contribution in [2.24, 2.45) is 5.73 Å². The van der Waals surface area contributed by atoms with Crippen LogP contribution in [0.2, 0.25) is 0 Å². The second kappa shape index (κ2) is 4.38. The number of nitrogens with two attached hydrogens (primary N) is 1.